The third-order valence-electron chi connectivity index (χ3n) is 2.10. The predicted octanol–water partition coefficient (Wildman–Crippen LogP) is -2.83. The summed E-state index contributed by atoms with van der Waals surface area (Å²) in [6.45, 7) is 1.35. The zero-order valence-electron chi connectivity index (χ0n) is 7.11. The standard InChI is InChI=1S/C7H14O6/c1-2(8)6-4(10)3(9)5(11)7(12)13-6/h2-12H,1H3/t2?,3-,4+,5+,6+,7+/m0/s1. The Balaban J connectivity index is 2.70. The highest BCUT2D eigenvalue weighted by molar-refractivity contribution is 4.90. The SMILES string of the molecule is CC(O)[C@H]1O[C@@H](O)[C@H](O)[C@@H](O)[C@H]1O. The maximum atomic E-state index is 9.29. The molecule has 0 bridgehead atoms. The lowest BCUT2D eigenvalue weighted by Crippen LogP contribution is -2.60. The van der Waals surface area contributed by atoms with Crippen LogP contribution in [0, 0.1) is 0 Å². The summed E-state index contributed by atoms with van der Waals surface area (Å²) >= 11 is 0. The fraction of sp³-hybridized carbons (Fsp3) is 1.00. The molecule has 0 spiro atoms. The van der Waals surface area contributed by atoms with Gasteiger partial charge in [0.25, 0.3) is 0 Å². The van der Waals surface area contributed by atoms with Gasteiger partial charge in [-0.05, 0) is 6.92 Å². The van der Waals surface area contributed by atoms with E-state index in [1.807, 2.05) is 0 Å². The van der Waals surface area contributed by atoms with Gasteiger partial charge in [-0.1, -0.05) is 0 Å². The van der Waals surface area contributed by atoms with Gasteiger partial charge in [-0.3, -0.25) is 0 Å². The molecule has 0 radical (unpaired) electrons. The van der Waals surface area contributed by atoms with Gasteiger partial charge >= 0.3 is 0 Å². The number of rotatable bonds is 1. The van der Waals surface area contributed by atoms with Gasteiger partial charge in [0, 0.05) is 0 Å². The van der Waals surface area contributed by atoms with Gasteiger partial charge in [0.1, 0.15) is 24.4 Å². The minimum atomic E-state index is -1.59. The fourth-order valence-electron chi connectivity index (χ4n) is 1.29. The summed E-state index contributed by atoms with van der Waals surface area (Å²) in [4.78, 5) is 0. The third kappa shape index (κ3) is 1.98. The van der Waals surface area contributed by atoms with Gasteiger partial charge in [0.15, 0.2) is 6.29 Å². The van der Waals surface area contributed by atoms with Crippen LogP contribution in [0.2, 0.25) is 0 Å². The van der Waals surface area contributed by atoms with Crippen LogP contribution in [-0.4, -0.2) is 62.3 Å². The molecule has 1 unspecified atom stereocenters. The molecule has 13 heavy (non-hydrogen) atoms. The lowest BCUT2D eigenvalue weighted by molar-refractivity contribution is -0.295. The molecular weight excluding hydrogens is 180 g/mol. The summed E-state index contributed by atoms with van der Waals surface area (Å²) in [6.07, 6.45) is -8.18. The second-order valence-electron chi connectivity index (χ2n) is 3.20. The van der Waals surface area contributed by atoms with E-state index < -0.39 is 36.8 Å². The molecule has 0 aromatic rings. The molecule has 6 nitrogen and oxygen atoms in total. The monoisotopic (exact) mass is 194 g/mol. The highest BCUT2D eigenvalue weighted by Crippen LogP contribution is 2.21. The molecule has 0 amide bonds. The number of hydrogen-bond donors (Lipinski definition) is 5. The largest absolute Gasteiger partial charge is 0.391 e. The molecule has 1 rings (SSSR count). The van der Waals surface area contributed by atoms with Crippen molar-refractivity contribution in [2.24, 2.45) is 0 Å². The van der Waals surface area contributed by atoms with Crippen LogP contribution < -0.4 is 0 Å². The Hall–Kier alpha value is -0.240. The zero-order valence-corrected chi connectivity index (χ0v) is 7.11. The molecule has 6 atom stereocenters. The van der Waals surface area contributed by atoms with Crippen molar-refractivity contribution >= 4 is 0 Å². The van der Waals surface area contributed by atoms with Crippen LogP contribution in [0.25, 0.3) is 0 Å². The van der Waals surface area contributed by atoms with Gasteiger partial charge in [-0.25, -0.2) is 0 Å². The smallest absolute Gasteiger partial charge is 0.184 e. The molecule has 1 aliphatic heterocycles. The van der Waals surface area contributed by atoms with Crippen LogP contribution in [0.5, 0.6) is 0 Å². The summed E-state index contributed by atoms with van der Waals surface area (Å²) in [5.41, 5.74) is 0. The number of aliphatic hydroxyl groups excluding tert-OH is 5. The minimum Gasteiger partial charge on any atom is -0.391 e. The van der Waals surface area contributed by atoms with Crippen LogP contribution >= 0.6 is 0 Å². The van der Waals surface area contributed by atoms with E-state index in [-0.39, 0.29) is 0 Å². The van der Waals surface area contributed by atoms with Gasteiger partial charge in [-0.2, -0.15) is 0 Å². The highest BCUT2D eigenvalue weighted by Gasteiger charge is 2.44. The van der Waals surface area contributed by atoms with E-state index in [1.165, 1.54) is 6.92 Å². The molecule has 0 saturated carbocycles. The molecule has 0 aliphatic carbocycles. The molecule has 1 aliphatic rings. The number of hydrogen-bond acceptors (Lipinski definition) is 6. The Bertz CT molecular complexity index is 172. The molecule has 6 heteroatoms. The average molecular weight is 194 g/mol. The van der Waals surface area contributed by atoms with Crippen molar-refractivity contribution < 1.29 is 30.3 Å². The Morgan fingerprint density at radius 3 is 2.00 bits per heavy atom. The summed E-state index contributed by atoms with van der Waals surface area (Å²) in [5.74, 6) is 0. The summed E-state index contributed by atoms with van der Waals surface area (Å²) in [5, 5.41) is 45.6. The van der Waals surface area contributed by atoms with Crippen molar-refractivity contribution in [3.05, 3.63) is 0 Å². The second kappa shape index (κ2) is 3.87. The molecule has 78 valence electrons. The Morgan fingerprint density at radius 2 is 1.54 bits per heavy atom. The van der Waals surface area contributed by atoms with E-state index in [9.17, 15) is 10.2 Å². The molecule has 1 heterocycles. The fourth-order valence-corrected chi connectivity index (χ4v) is 1.29. The van der Waals surface area contributed by atoms with Crippen LogP contribution in [0.15, 0.2) is 0 Å². The van der Waals surface area contributed by atoms with E-state index in [1.54, 1.807) is 0 Å². The third-order valence-corrected chi connectivity index (χ3v) is 2.10. The molecule has 0 aromatic heterocycles. The summed E-state index contributed by atoms with van der Waals surface area (Å²) in [6, 6.07) is 0. The van der Waals surface area contributed by atoms with E-state index in [0.717, 1.165) is 0 Å². The van der Waals surface area contributed by atoms with E-state index in [2.05, 4.69) is 4.74 Å². The first-order valence-corrected chi connectivity index (χ1v) is 4.01. The van der Waals surface area contributed by atoms with Crippen molar-refractivity contribution in [2.75, 3.05) is 0 Å². The number of ether oxygens (including phenoxy) is 1. The van der Waals surface area contributed by atoms with Crippen molar-refractivity contribution in [3.63, 3.8) is 0 Å². The van der Waals surface area contributed by atoms with Crippen LogP contribution in [-0.2, 0) is 4.74 Å². The van der Waals surface area contributed by atoms with Crippen molar-refractivity contribution in [1.82, 2.24) is 0 Å². The average Bonchev–Trinajstić information content (AvgIpc) is 2.07. The normalized spacial score (nSPS) is 48.9. The van der Waals surface area contributed by atoms with Crippen molar-refractivity contribution in [3.8, 4) is 0 Å². The van der Waals surface area contributed by atoms with E-state index in [0.29, 0.717) is 0 Å². The molecule has 0 aromatic carbocycles. The van der Waals surface area contributed by atoms with Crippen LogP contribution in [0.4, 0.5) is 0 Å². The maximum Gasteiger partial charge on any atom is 0.184 e. The summed E-state index contributed by atoms with van der Waals surface area (Å²) < 4.78 is 4.69. The van der Waals surface area contributed by atoms with Crippen molar-refractivity contribution in [2.45, 2.75) is 43.7 Å². The molecular formula is C7H14O6. The van der Waals surface area contributed by atoms with Gasteiger partial charge in [-0.15, -0.1) is 0 Å². The topological polar surface area (TPSA) is 110 Å². The summed E-state index contributed by atoms with van der Waals surface area (Å²) in [7, 11) is 0. The first-order chi connectivity index (χ1) is 5.95. The molecule has 1 saturated heterocycles. The Morgan fingerprint density at radius 1 is 1.00 bits per heavy atom. The van der Waals surface area contributed by atoms with Gasteiger partial charge in [0.2, 0.25) is 0 Å². The lowest BCUT2D eigenvalue weighted by atomic mass is 9.96. The Labute approximate surface area is 75.0 Å². The zero-order chi connectivity index (χ0) is 10.2. The Kier molecular flexibility index (Phi) is 3.23. The van der Waals surface area contributed by atoms with Crippen LogP contribution in [0.3, 0.4) is 0 Å². The molecule has 5 N–H and O–H groups in total. The maximum absolute atomic E-state index is 9.29. The highest BCUT2D eigenvalue weighted by atomic mass is 16.6. The van der Waals surface area contributed by atoms with Crippen LogP contribution in [0.1, 0.15) is 6.92 Å². The van der Waals surface area contributed by atoms with Gasteiger partial charge < -0.3 is 30.3 Å². The van der Waals surface area contributed by atoms with E-state index >= 15 is 0 Å². The number of aliphatic hydroxyl groups is 5. The predicted molar refractivity (Wildman–Crippen MR) is 40.6 cm³/mol. The lowest BCUT2D eigenvalue weighted by Gasteiger charge is -2.39. The van der Waals surface area contributed by atoms with Crippen molar-refractivity contribution in [1.29, 1.82) is 0 Å². The first-order valence-electron chi connectivity index (χ1n) is 4.01. The quantitative estimate of drug-likeness (QED) is 0.308. The molecule has 1 fully saturated rings. The van der Waals surface area contributed by atoms with Gasteiger partial charge in [0.05, 0.1) is 6.10 Å². The first kappa shape index (κ1) is 10.8. The second-order valence-corrected chi connectivity index (χ2v) is 3.20. The minimum absolute atomic E-state index is 1.04. The van der Waals surface area contributed by atoms with E-state index in [4.69, 9.17) is 15.3 Å².